The summed E-state index contributed by atoms with van der Waals surface area (Å²) in [6.45, 7) is 3.85. The molecule has 1 aliphatic heterocycles. The van der Waals surface area contributed by atoms with Crippen molar-refractivity contribution in [3.8, 4) is 22.5 Å². The van der Waals surface area contributed by atoms with Gasteiger partial charge in [-0.05, 0) is 23.8 Å². The van der Waals surface area contributed by atoms with Gasteiger partial charge in [0.15, 0.2) is 11.6 Å². The number of pyridine rings is 1. The number of benzene rings is 1. The average Bonchev–Trinajstić information content (AvgIpc) is 2.85. The summed E-state index contributed by atoms with van der Waals surface area (Å²) in [5.41, 5.74) is 8.98. The molecular weight excluding hydrogens is 439 g/mol. The van der Waals surface area contributed by atoms with Gasteiger partial charge in [-0.1, -0.05) is 6.07 Å². The number of carbonyl (C=O) groups is 1. The van der Waals surface area contributed by atoms with Crippen molar-refractivity contribution in [1.29, 1.82) is 0 Å². The topological polar surface area (TPSA) is 132 Å². The Kier molecular flexibility index (Phi) is 5.68. The second-order valence-electron chi connectivity index (χ2n) is 7.77. The molecule has 1 aliphatic rings. The van der Waals surface area contributed by atoms with Crippen molar-refractivity contribution in [2.24, 2.45) is 0 Å². The van der Waals surface area contributed by atoms with Crippen LogP contribution in [0, 0.1) is 5.82 Å². The fourth-order valence-electron chi connectivity index (χ4n) is 3.73. The van der Waals surface area contributed by atoms with Crippen molar-refractivity contribution in [3.63, 3.8) is 0 Å². The largest absolute Gasteiger partial charge is 0.378 e. The quantitative estimate of drug-likeness (QED) is 0.472. The van der Waals surface area contributed by atoms with Crippen LogP contribution in [0.5, 0.6) is 0 Å². The van der Waals surface area contributed by atoms with Gasteiger partial charge in [-0.15, -0.1) is 0 Å². The fourth-order valence-corrected chi connectivity index (χ4v) is 3.73. The lowest BCUT2D eigenvalue weighted by atomic mass is 10.1. The summed E-state index contributed by atoms with van der Waals surface area (Å²) in [7, 11) is 0. The van der Waals surface area contributed by atoms with Gasteiger partial charge in [0.25, 0.3) is 0 Å². The van der Waals surface area contributed by atoms with E-state index >= 15 is 0 Å². The number of nitrogens with zero attached hydrogens (tertiary/aromatic N) is 6. The molecule has 4 heterocycles. The smallest absolute Gasteiger partial charge is 0.221 e. The number of fused-ring (bicyclic) bond motifs is 1. The van der Waals surface area contributed by atoms with Crippen LogP contribution in [0.2, 0.25) is 0 Å². The van der Waals surface area contributed by atoms with Gasteiger partial charge >= 0.3 is 0 Å². The van der Waals surface area contributed by atoms with Gasteiger partial charge in [0, 0.05) is 44.2 Å². The van der Waals surface area contributed by atoms with Gasteiger partial charge in [0.1, 0.15) is 11.3 Å². The Morgan fingerprint density at radius 3 is 2.50 bits per heavy atom. The molecule has 0 aliphatic carbocycles. The first-order chi connectivity index (χ1) is 16.5. The second-order valence-corrected chi connectivity index (χ2v) is 7.77. The van der Waals surface area contributed by atoms with E-state index in [-0.39, 0.29) is 17.5 Å². The molecule has 1 saturated heterocycles. The van der Waals surface area contributed by atoms with Crippen molar-refractivity contribution < 1.29 is 13.9 Å². The molecule has 3 aromatic heterocycles. The highest BCUT2D eigenvalue weighted by molar-refractivity contribution is 5.92. The molecule has 11 heteroatoms. The summed E-state index contributed by atoms with van der Waals surface area (Å²) in [5, 5.41) is 2.51. The number of carbonyl (C=O) groups excluding carboxylic acids is 1. The van der Waals surface area contributed by atoms with E-state index in [1.807, 2.05) is 6.07 Å². The molecule has 1 amide bonds. The normalized spacial score (nSPS) is 13.8. The van der Waals surface area contributed by atoms with Crippen LogP contribution >= 0.6 is 0 Å². The molecule has 10 nitrogen and oxygen atoms in total. The molecule has 0 bridgehead atoms. The molecule has 0 radical (unpaired) electrons. The van der Waals surface area contributed by atoms with E-state index in [1.54, 1.807) is 30.7 Å². The number of anilines is 3. The van der Waals surface area contributed by atoms with Crippen LogP contribution in [0.4, 0.5) is 21.8 Å². The minimum absolute atomic E-state index is 0.0986. The number of rotatable bonds is 4. The van der Waals surface area contributed by atoms with Gasteiger partial charge in [-0.2, -0.15) is 0 Å². The summed E-state index contributed by atoms with van der Waals surface area (Å²) in [4.78, 5) is 35.8. The summed E-state index contributed by atoms with van der Waals surface area (Å²) >= 11 is 0. The molecular formula is C23H21FN8O2. The lowest BCUT2D eigenvalue weighted by Gasteiger charge is -2.28. The summed E-state index contributed by atoms with van der Waals surface area (Å²) < 4.78 is 19.6. The molecule has 172 valence electrons. The molecule has 0 saturated carbocycles. The van der Waals surface area contributed by atoms with E-state index in [9.17, 15) is 9.18 Å². The number of ether oxygens (including phenoxy) is 1. The SMILES string of the molecule is CC(=O)Nc1cc(-c2cnc3c(N4CCOCC4)nc(-c4cnc(N)nc4)nc3c2)ccc1F. The van der Waals surface area contributed by atoms with Crippen molar-refractivity contribution in [3.05, 3.63) is 48.7 Å². The first-order valence-electron chi connectivity index (χ1n) is 10.6. The van der Waals surface area contributed by atoms with Crippen LogP contribution in [0.1, 0.15) is 6.92 Å². The van der Waals surface area contributed by atoms with Crippen LogP contribution in [-0.4, -0.2) is 57.1 Å². The maximum atomic E-state index is 14.1. The highest BCUT2D eigenvalue weighted by Gasteiger charge is 2.20. The van der Waals surface area contributed by atoms with Gasteiger partial charge in [-0.3, -0.25) is 9.78 Å². The van der Waals surface area contributed by atoms with E-state index in [0.717, 1.165) is 0 Å². The average molecular weight is 460 g/mol. The van der Waals surface area contributed by atoms with Crippen molar-refractivity contribution in [1.82, 2.24) is 24.9 Å². The number of nitrogens with two attached hydrogens (primary N) is 1. The monoisotopic (exact) mass is 460 g/mol. The molecule has 0 unspecified atom stereocenters. The van der Waals surface area contributed by atoms with Crippen molar-refractivity contribution >= 4 is 34.4 Å². The lowest BCUT2D eigenvalue weighted by Crippen LogP contribution is -2.37. The minimum Gasteiger partial charge on any atom is -0.378 e. The first-order valence-corrected chi connectivity index (χ1v) is 10.6. The Morgan fingerprint density at radius 1 is 1.03 bits per heavy atom. The Labute approximate surface area is 194 Å². The van der Waals surface area contributed by atoms with E-state index in [2.05, 4.69) is 25.2 Å². The number of morpholine rings is 1. The summed E-state index contributed by atoms with van der Waals surface area (Å²) in [5.74, 6) is 0.407. The Bertz CT molecular complexity index is 1370. The molecule has 34 heavy (non-hydrogen) atoms. The zero-order valence-corrected chi connectivity index (χ0v) is 18.3. The number of nitrogen functional groups attached to an aromatic ring is 1. The Hall–Kier alpha value is -4.25. The van der Waals surface area contributed by atoms with Crippen LogP contribution in [0.15, 0.2) is 42.9 Å². The Morgan fingerprint density at radius 2 is 1.76 bits per heavy atom. The third-order valence-corrected chi connectivity index (χ3v) is 5.37. The predicted octanol–water partition coefficient (Wildman–Crippen LogP) is 2.67. The maximum absolute atomic E-state index is 14.1. The zero-order valence-electron chi connectivity index (χ0n) is 18.3. The van der Waals surface area contributed by atoms with Crippen molar-refractivity contribution in [2.45, 2.75) is 6.92 Å². The molecule has 1 fully saturated rings. The van der Waals surface area contributed by atoms with E-state index in [4.69, 9.17) is 20.4 Å². The van der Waals surface area contributed by atoms with Crippen LogP contribution in [-0.2, 0) is 9.53 Å². The maximum Gasteiger partial charge on any atom is 0.221 e. The number of halogens is 1. The first kappa shape index (κ1) is 21.6. The molecule has 0 atom stereocenters. The van der Waals surface area contributed by atoms with Crippen LogP contribution in [0.3, 0.4) is 0 Å². The van der Waals surface area contributed by atoms with Gasteiger partial charge in [0.05, 0.1) is 30.0 Å². The van der Waals surface area contributed by atoms with Crippen LogP contribution in [0.25, 0.3) is 33.5 Å². The van der Waals surface area contributed by atoms with E-state index in [1.165, 1.54) is 13.0 Å². The summed E-state index contributed by atoms with van der Waals surface area (Å²) in [6, 6.07) is 6.36. The van der Waals surface area contributed by atoms with Crippen molar-refractivity contribution in [2.75, 3.05) is 42.3 Å². The summed E-state index contributed by atoms with van der Waals surface area (Å²) in [6.07, 6.45) is 4.83. The number of hydrogen-bond acceptors (Lipinski definition) is 9. The third kappa shape index (κ3) is 4.33. The zero-order chi connectivity index (χ0) is 23.7. The number of aromatic nitrogens is 5. The molecule has 5 rings (SSSR count). The molecule has 0 spiro atoms. The standard InChI is InChI=1S/C23H21FN8O2/c1-13(33)29-18-8-14(2-3-17(18)24)15-9-19-20(26-10-15)22(32-4-6-34-7-5-32)31-21(30-19)16-11-27-23(25)28-12-16/h2-3,8-12H,4-7H2,1H3,(H,29,33)(H2,25,27,28). The van der Waals surface area contributed by atoms with Gasteiger partial charge < -0.3 is 20.7 Å². The molecule has 3 N–H and O–H groups in total. The number of hydrogen-bond donors (Lipinski definition) is 2. The fraction of sp³-hybridized carbons (Fsp3) is 0.217. The predicted molar refractivity (Wildman–Crippen MR) is 126 cm³/mol. The van der Waals surface area contributed by atoms with E-state index < -0.39 is 5.82 Å². The van der Waals surface area contributed by atoms with Gasteiger partial charge in [0.2, 0.25) is 11.9 Å². The second kappa shape index (κ2) is 8.94. The third-order valence-electron chi connectivity index (χ3n) is 5.37. The highest BCUT2D eigenvalue weighted by atomic mass is 19.1. The van der Waals surface area contributed by atoms with Gasteiger partial charge in [-0.25, -0.2) is 24.3 Å². The number of amides is 1. The highest BCUT2D eigenvalue weighted by Crippen LogP contribution is 2.31. The van der Waals surface area contributed by atoms with Crippen LogP contribution < -0.4 is 16.0 Å². The lowest BCUT2D eigenvalue weighted by molar-refractivity contribution is -0.114. The minimum atomic E-state index is -0.518. The Balaban J connectivity index is 1.64. The number of nitrogens with one attached hydrogen (secondary N) is 1. The molecule has 4 aromatic rings. The molecule has 1 aromatic carbocycles. The van der Waals surface area contributed by atoms with E-state index in [0.29, 0.717) is 65.7 Å².